The Morgan fingerprint density at radius 2 is 1.93 bits per heavy atom. The summed E-state index contributed by atoms with van der Waals surface area (Å²) in [4.78, 5) is 11.1. The topological polar surface area (TPSA) is 17.1 Å². The average Bonchev–Trinajstić information content (AvgIpc) is 2.19. The van der Waals surface area contributed by atoms with E-state index in [9.17, 15) is 4.79 Å². The number of carbonyl (C=O) groups excluding carboxylic acids is 1. The van der Waals surface area contributed by atoms with Gasteiger partial charge in [0.2, 0.25) is 0 Å². The summed E-state index contributed by atoms with van der Waals surface area (Å²) in [6.45, 7) is 7.65. The van der Waals surface area contributed by atoms with Crippen molar-refractivity contribution < 1.29 is 4.79 Å². The molecule has 1 aromatic rings. The molecule has 14 heavy (non-hydrogen) atoms. The number of aldehydes is 1. The van der Waals surface area contributed by atoms with E-state index in [1.165, 1.54) is 5.56 Å². The van der Waals surface area contributed by atoms with Crippen LogP contribution in [0, 0.1) is 6.92 Å². The van der Waals surface area contributed by atoms with Crippen LogP contribution in [0.1, 0.15) is 24.5 Å². The lowest BCUT2D eigenvalue weighted by atomic mass is 9.81. The van der Waals surface area contributed by atoms with Crippen molar-refractivity contribution in [1.29, 1.82) is 0 Å². The van der Waals surface area contributed by atoms with Crippen LogP contribution >= 0.6 is 0 Å². The van der Waals surface area contributed by atoms with E-state index in [0.29, 0.717) is 6.42 Å². The molecule has 1 atom stereocenters. The molecule has 0 aromatic heterocycles. The van der Waals surface area contributed by atoms with Gasteiger partial charge in [-0.15, -0.1) is 6.58 Å². The summed E-state index contributed by atoms with van der Waals surface area (Å²) in [7, 11) is 0. The monoisotopic (exact) mass is 188 g/mol. The standard InChI is InChI=1S/C13H16O/c1-4-9-13(3,10-14)12-7-5-11(2)6-8-12/h4-8,10H,1,9H2,2-3H3. The Bertz CT molecular complexity index is 324. The molecule has 1 aromatic carbocycles. The van der Waals surface area contributed by atoms with E-state index >= 15 is 0 Å². The number of benzene rings is 1. The Morgan fingerprint density at radius 3 is 2.36 bits per heavy atom. The molecule has 0 bridgehead atoms. The second-order valence-corrected chi connectivity index (χ2v) is 3.89. The molecule has 0 N–H and O–H groups in total. The molecular formula is C13H16O. The van der Waals surface area contributed by atoms with Gasteiger partial charge in [-0.25, -0.2) is 0 Å². The van der Waals surface area contributed by atoms with Crippen molar-refractivity contribution in [2.45, 2.75) is 25.7 Å². The van der Waals surface area contributed by atoms with E-state index < -0.39 is 5.41 Å². The summed E-state index contributed by atoms with van der Waals surface area (Å²) >= 11 is 0. The van der Waals surface area contributed by atoms with Crippen LogP contribution < -0.4 is 0 Å². The molecule has 0 heterocycles. The van der Waals surface area contributed by atoms with Crippen molar-refractivity contribution in [3.63, 3.8) is 0 Å². The van der Waals surface area contributed by atoms with E-state index in [1.807, 2.05) is 38.1 Å². The lowest BCUT2D eigenvalue weighted by Gasteiger charge is -2.21. The van der Waals surface area contributed by atoms with Gasteiger partial charge in [-0.05, 0) is 25.8 Å². The zero-order valence-electron chi connectivity index (χ0n) is 8.79. The Labute approximate surface area is 85.5 Å². The van der Waals surface area contributed by atoms with E-state index in [1.54, 1.807) is 6.08 Å². The molecule has 1 unspecified atom stereocenters. The molecule has 1 rings (SSSR count). The van der Waals surface area contributed by atoms with Gasteiger partial charge in [0.05, 0.1) is 5.41 Å². The van der Waals surface area contributed by atoms with E-state index in [-0.39, 0.29) is 0 Å². The summed E-state index contributed by atoms with van der Waals surface area (Å²) < 4.78 is 0. The number of rotatable bonds is 4. The van der Waals surface area contributed by atoms with Gasteiger partial charge < -0.3 is 4.79 Å². The molecule has 0 saturated carbocycles. The fourth-order valence-electron chi connectivity index (χ4n) is 1.47. The number of aryl methyl sites for hydroxylation is 1. The molecule has 0 fully saturated rings. The molecule has 0 spiro atoms. The molecule has 0 aliphatic heterocycles. The number of allylic oxidation sites excluding steroid dienone is 1. The normalized spacial score (nSPS) is 14.4. The van der Waals surface area contributed by atoms with Crippen LogP contribution in [0.4, 0.5) is 0 Å². The quantitative estimate of drug-likeness (QED) is 0.524. The number of hydrogen-bond acceptors (Lipinski definition) is 1. The number of carbonyl (C=O) groups is 1. The van der Waals surface area contributed by atoms with Crippen molar-refractivity contribution in [3.05, 3.63) is 48.0 Å². The van der Waals surface area contributed by atoms with E-state index in [0.717, 1.165) is 11.8 Å². The summed E-state index contributed by atoms with van der Waals surface area (Å²) in [5, 5.41) is 0. The van der Waals surface area contributed by atoms with Crippen molar-refractivity contribution in [2.75, 3.05) is 0 Å². The Kier molecular flexibility index (Phi) is 3.23. The lowest BCUT2D eigenvalue weighted by Crippen LogP contribution is -2.22. The molecule has 0 aliphatic rings. The van der Waals surface area contributed by atoms with Gasteiger partial charge in [0, 0.05) is 0 Å². The largest absolute Gasteiger partial charge is 0.302 e. The predicted molar refractivity (Wildman–Crippen MR) is 59.4 cm³/mol. The van der Waals surface area contributed by atoms with Gasteiger partial charge in [0.15, 0.2) is 0 Å². The Morgan fingerprint density at radius 1 is 1.36 bits per heavy atom. The van der Waals surface area contributed by atoms with Gasteiger partial charge >= 0.3 is 0 Å². The first-order chi connectivity index (χ1) is 6.62. The van der Waals surface area contributed by atoms with Gasteiger partial charge in [0.25, 0.3) is 0 Å². The first kappa shape index (κ1) is 10.7. The van der Waals surface area contributed by atoms with Crippen molar-refractivity contribution in [1.82, 2.24) is 0 Å². The Hall–Kier alpha value is -1.37. The third-order valence-corrected chi connectivity index (χ3v) is 2.54. The van der Waals surface area contributed by atoms with Crippen LogP contribution in [0.2, 0.25) is 0 Å². The second-order valence-electron chi connectivity index (χ2n) is 3.89. The van der Waals surface area contributed by atoms with Crippen LogP contribution in [0.5, 0.6) is 0 Å². The highest BCUT2D eigenvalue weighted by molar-refractivity contribution is 5.68. The molecule has 0 aliphatic carbocycles. The van der Waals surface area contributed by atoms with Crippen LogP contribution in [-0.2, 0) is 10.2 Å². The van der Waals surface area contributed by atoms with Crippen LogP contribution in [0.25, 0.3) is 0 Å². The molecule has 0 amide bonds. The molecule has 1 nitrogen and oxygen atoms in total. The maximum absolute atomic E-state index is 11.1. The first-order valence-corrected chi connectivity index (χ1v) is 4.77. The smallest absolute Gasteiger partial charge is 0.130 e. The molecule has 0 saturated heterocycles. The molecule has 0 radical (unpaired) electrons. The van der Waals surface area contributed by atoms with Crippen LogP contribution in [-0.4, -0.2) is 6.29 Å². The minimum Gasteiger partial charge on any atom is -0.302 e. The van der Waals surface area contributed by atoms with E-state index in [4.69, 9.17) is 0 Å². The summed E-state index contributed by atoms with van der Waals surface area (Å²) in [6, 6.07) is 8.07. The highest BCUT2D eigenvalue weighted by Crippen LogP contribution is 2.25. The third kappa shape index (κ3) is 2.11. The summed E-state index contributed by atoms with van der Waals surface area (Å²) in [5.41, 5.74) is 1.84. The maximum Gasteiger partial charge on any atom is 0.130 e. The predicted octanol–water partition coefficient (Wildman–Crippen LogP) is 3.03. The van der Waals surface area contributed by atoms with Crippen LogP contribution in [0.15, 0.2) is 36.9 Å². The Balaban J connectivity index is 3.05. The minimum absolute atomic E-state index is 0.421. The zero-order valence-corrected chi connectivity index (χ0v) is 8.79. The average molecular weight is 188 g/mol. The maximum atomic E-state index is 11.1. The fourth-order valence-corrected chi connectivity index (χ4v) is 1.47. The highest BCUT2D eigenvalue weighted by atomic mass is 16.1. The van der Waals surface area contributed by atoms with Crippen molar-refractivity contribution >= 4 is 6.29 Å². The van der Waals surface area contributed by atoms with Gasteiger partial charge in [0.1, 0.15) is 6.29 Å². The molecule has 74 valence electrons. The molecular weight excluding hydrogens is 172 g/mol. The lowest BCUT2D eigenvalue weighted by molar-refractivity contribution is -0.112. The van der Waals surface area contributed by atoms with Gasteiger partial charge in [-0.1, -0.05) is 35.9 Å². The SMILES string of the molecule is C=CCC(C)(C=O)c1ccc(C)cc1. The fraction of sp³-hybridized carbons (Fsp3) is 0.308. The summed E-state index contributed by atoms with van der Waals surface area (Å²) in [6.07, 6.45) is 3.47. The van der Waals surface area contributed by atoms with Crippen molar-refractivity contribution in [3.8, 4) is 0 Å². The first-order valence-electron chi connectivity index (χ1n) is 4.77. The minimum atomic E-state index is -0.421. The van der Waals surface area contributed by atoms with E-state index in [2.05, 4.69) is 6.58 Å². The van der Waals surface area contributed by atoms with Gasteiger partial charge in [-0.3, -0.25) is 0 Å². The number of hydrogen-bond donors (Lipinski definition) is 0. The highest BCUT2D eigenvalue weighted by Gasteiger charge is 2.23. The second kappa shape index (κ2) is 4.23. The summed E-state index contributed by atoms with van der Waals surface area (Å²) in [5.74, 6) is 0. The van der Waals surface area contributed by atoms with Crippen molar-refractivity contribution in [2.24, 2.45) is 0 Å². The van der Waals surface area contributed by atoms with Crippen LogP contribution in [0.3, 0.4) is 0 Å². The third-order valence-electron chi connectivity index (χ3n) is 2.54. The zero-order chi connectivity index (χ0) is 10.6. The van der Waals surface area contributed by atoms with Gasteiger partial charge in [-0.2, -0.15) is 0 Å². The molecule has 1 heteroatoms.